The minimum atomic E-state index is 0.610. The second-order valence-electron chi connectivity index (χ2n) is 5.35. The van der Waals surface area contributed by atoms with Gasteiger partial charge in [-0.25, -0.2) is 0 Å². The fourth-order valence-corrected chi connectivity index (χ4v) is 3.32. The van der Waals surface area contributed by atoms with Gasteiger partial charge in [0.05, 0.1) is 11.0 Å². The zero-order chi connectivity index (χ0) is 14.0. The lowest BCUT2D eigenvalue weighted by Gasteiger charge is -1.96. The van der Waals surface area contributed by atoms with Gasteiger partial charge in [0, 0.05) is 27.1 Å². The number of nitrogens with one attached hydrogen (secondary N) is 1. The van der Waals surface area contributed by atoms with Gasteiger partial charge in [-0.3, -0.25) is 0 Å². The van der Waals surface area contributed by atoms with E-state index in [0.29, 0.717) is 11.0 Å². The van der Waals surface area contributed by atoms with Gasteiger partial charge in [0.15, 0.2) is 0 Å². The summed E-state index contributed by atoms with van der Waals surface area (Å²) in [6.07, 6.45) is 0. The number of aromatic nitrogens is 2. The highest BCUT2D eigenvalue weighted by molar-refractivity contribution is 6.21. The van der Waals surface area contributed by atoms with Crippen LogP contribution in [0.2, 0.25) is 0 Å². The van der Waals surface area contributed by atoms with Crippen LogP contribution in [-0.4, -0.2) is 9.77 Å². The summed E-state index contributed by atoms with van der Waals surface area (Å²) in [5, 5.41) is 4.06. The minimum absolute atomic E-state index is 0.610. The fraction of sp³-hybridized carbons (Fsp3) is 0. The third-order valence-corrected chi connectivity index (χ3v) is 4.26. The number of halogens is 1. The Labute approximate surface area is 119 Å². The van der Waals surface area contributed by atoms with E-state index in [1.807, 2.05) is 48.5 Å². The highest BCUT2D eigenvalue weighted by Crippen LogP contribution is 2.36. The molecule has 0 aliphatic carbocycles. The van der Waals surface area contributed by atoms with Crippen molar-refractivity contribution in [3.05, 3.63) is 60.7 Å². The first-order valence-corrected chi connectivity index (χ1v) is 6.93. The average molecular weight is 274 g/mol. The Morgan fingerprint density at radius 2 is 1.43 bits per heavy atom. The normalized spacial score (nSPS) is 12.0. The lowest BCUT2D eigenvalue weighted by Crippen LogP contribution is -1.82. The van der Waals surface area contributed by atoms with Crippen LogP contribution in [0.15, 0.2) is 60.7 Å². The predicted molar refractivity (Wildman–Crippen MR) is 85.3 cm³/mol. The van der Waals surface area contributed by atoms with Crippen LogP contribution in [0.5, 0.6) is 0 Å². The van der Waals surface area contributed by atoms with E-state index >= 15 is 0 Å². The van der Waals surface area contributed by atoms with Crippen LogP contribution in [-0.2, 0) is 0 Å². The zero-order valence-electron chi connectivity index (χ0n) is 11.1. The Morgan fingerprint density at radius 1 is 0.714 bits per heavy atom. The van der Waals surface area contributed by atoms with Crippen molar-refractivity contribution in [2.45, 2.75) is 0 Å². The lowest BCUT2D eigenvalue weighted by molar-refractivity contribution is 0.406. The van der Waals surface area contributed by atoms with Gasteiger partial charge in [-0.05, 0) is 12.1 Å². The average Bonchev–Trinajstić information content (AvgIpc) is 3.04. The van der Waals surface area contributed by atoms with Gasteiger partial charge in [-0.1, -0.05) is 53.0 Å². The number of hydrogen-bond donors (Lipinski definition) is 1. The molecule has 3 heteroatoms. The predicted octanol–water partition coefficient (Wildman–Crippen LogP) is 5.16. The smallest absolute Gasteiger partial charge is 0.107 e. The molecule has 0 saturated heterocycles. The summed E-state index contributed by atoms with van der Waals surface area (Å²) in [5.41, 5.74) is 3.11. The molecule has 21 heavy (non-hydrogen) atoms. The van der Waals surface area contributed by atoms with Crippen LogP contribution in [0.4, 0.5) is 4.48 Å². The fourth-order valence-electron chi connectivity index (χ4n) is 3.32. The minimum Gasteiger partial charge on any atom is -0.353 e. The van der Waals surface area contributed by atoms with Gasteiger partial charge >= 0.3 is 0 Å². The van der Waals surface area contributed by atoms with Gasteiger partial charge in [-0.2, -0.15) is 4.79 Å². The quantitative estimate of drug-likeness (QED) is 0.402. The molecule has 2 aromatic heterocycles. The van der Waals surface area contributed by atoms with Crippen molar-refractivity contribution >= 4 is 43.6 Å². The Balaban J connectivity index is 2.14. The Morgan fingerprint density at radius 3 is 2.33 bits per heavy atom. The number of aromatic amines is 1. The van der Waals surface area contributed by atoms with Crippen LogP contribution >= 0.6 is 0 Å². The molecule has 0 spiro atoms. The molecular weight excluding hydrogens is 263 g/mol. The molecule has 0 radical (unpaired) electrons. The molecule has 2 nitrogen and oxygen atoms in total. The molecule has 0 aliphatic rings. The molecule has 1 N–H and O–H groups in total. The summed E-state index contributed by atoms with van der Waals surface area (Å²) >= 11 is 0. The Kier molecular flexibility index (Phi) is 1.89. The second-order valence-corrected chi connectivity index (χ2v) is 5.35. The van der Waals surface area contributed by atoms with E-state index in [-0.39, 0.29) is 0 Å². The van der Waals surface area contributed by atoms with Crippen molar-refractivity contribution in [1.29, 1.82) is 0 Å². The third kappa shape index (κ3) is 1.26. The van der Waals surface area contributed by atoms with Gasteiger partial charge in [0.25, 0.3) is 0 Å². The molecule has 2 heterocycles. The largest absolute Gasteiger partial charge is 0.353 e. The molecule has 0 saturated carbocycles. The first-order chi connectivity index (χ1) is 10.3. The van der Waals surface area contributed by atoms with Crippen molar-refractivity contribution in [2.24, 2.45) is 0 Å². The van der Waals surface area contributed by atoms with Crippen LogP contribution in [0, 0.1) is 0 Å². The number of rotatable bonds is 0. The highest BCUT2D eigenvalue weighted by atomic mass is 19.2. The molecule has 0 fully saturated rings. The van der Waals surface area contributed by atoms with E-state index in [2.05, 4.69) is 17.1 Å². The van der Waals surface area contributed by atoms with Gasteiger partial charge < -0.3 is 4.98 Å². The number of para-hydroxylation sites is 2. The molecule has 0 bridgehead atoms. The summed E-state index contributed by atoms with van der Waals surface area (Å²) in [5.74, 6) is 0. The number of nitrogens with zero attached hydrogens (tertiary/aromatic N) is 1. The number of benzene rings is 3. The SMILES string of the molecule is Fn1c2ccccc2c2ccc3c4ccccc4[nH]c3c21. The molecule has 0 amide bonds. The van der Waals surface area contributed by atoms with Crippen molar-refractivity contribution in [2.75, 3.05) is 0 Å². The highest BCUT2D eigenvalue weighted by Gasteiger charge is 2.15. The van der Waals surface area contributed by atoms with E-state index in [0.717, 1.165) is 37.4 Å². The zero-order valence-corrected chi connectivity index (χ0v) is 11.1. The van der Waals surface area contributed by atoms with Crippen molar-refractivity contribution in [3.63, 3.8) is 0 Å². The summed E-state index contributed by atoms with van der Waals surface area (Å²) in [6, 6.07) is 19.7. The van der Waals surface area contributed by atoms with Crippen LogP contribution < -0.4 is 0 Å². The monoisotopic (exact) mass is 274 g/mol. The van der Waals surface area contributed by atoms with E-state index < -0.39 is 0 Å². The Bertz CT molecular complexity index is 1150. The second kappa shape index (κ2) is 3.64. The molecular formula is C18H11FN2. The third-order valence-electron chi connectivity index (χ3n) is 4.26. The Hall–Kier alpha value is -2.81. The van der Waals surface area contributed by atoms with Crippen LogP contribution in [0.25, 0.3) is 43.6 Å². The van der Waals surface area contributed by atoms with Gasteiger partial charge in [0.2, 0.25) is 0 Å². The van der Waals surface area contributed by atoms with Gasteiger partial charge in [-0.15, -0.1) is 0 Å². The van der Waals surface area contributed by atoms with Gasteiger partial charge in [0.1, 0.15) is 5.52 Å². The van der Waals surface area contributed by atoms with E-state index in [9.17, 15) is 4.48 Å². The maximum atomic E-state index is 14.8. The molecule has 100 valence electrons. The van der Waals surface area contributed by atoms with Crippen LogP contribution in [0.3, 0.4) is 0 Å². The lowest BCUT2D eigenvalue weighted by atomic mass is 10.1. The van der Waals surface area contributed by atoms with E-state index in [1.165, 1.54) is 0 Å². The summed E-state index contributed by atoms with van der Waals surface area (Å²) in [4.78, 5) is 4.16. The number of fused-ring (bicyclic) bond motifs is 7. The first-order valence-electron chi connectivity index (χ1n) is 6.93. The molecule has 0 unspecified atom stereocenters. The molecule has 0 aliphatic heterocycles. The first kappa shape index (κ1) is 10.9. The van der Waals surface area contributed by atoms with Crippen LogP contribution in [0.1, 0.15) is 0 Å². The van der Waals surface area contributed by atoms with E-state index in [4.69, 9.17) is 0 Å². The molecule has 5 rings (SSSR count). The molecule has 0 atom stereocenters. The number of H-pyrrole nitrogens is 1. The molecule has 5 aromatic rings. The van der Waals surface area contributed by atoms with Crippen molar-refractivity contribution in [1.82, 2.24) is 9.77 Å². The number of hydrogen-bond acceptors (Lipinski definition) is 0. The topological polar surface area (TPSA) is 20.7 Å². The standard InChI is InChI=1S/C18H11FN2/c19-21-16-8-4-2-6-12(16)14-10-9-13-11-5-1-3-7-15(11)20-17(13)18(14)21/h1-10,20H. The summed E-state index contributed by atoms with van der Waals surface area (Å²) in [7, 11) is 0. The maximum absolute atomic E-state index is 14.8. The van der Waals surface area contributed by atoms with Crippen molar-refractivity contribution < 1.29 is 4.48 Å². The summed E-state index contributed by atoms with van der Waals surface area (Å²) in [6.45, 7) is 0. The van der Waals surface area contributed by atoms with Crippen molar-refractivity contribution in [3.8, 4) is 0 Å². The molecule has 3 aromatic carbocycles. The summed E-state index contributed by atoms with van der Waals surface area (Å²) < 4.78 is 14.8. The van der Waals surface area contributed by atoms with E-state index in [1.54, 1.807) is 0 Å². The maximum Gasteiger partial charge on any atom is 0.107 e.